The molecule has 0 unspecified atom stereocenters. The molecule has 0 radical (unpaired) electrons. The van der Waals surface area contributed by atoms with Gasteiger partial charge in [-0.05, 0) is 78.6 Å². The topological polar surface area (TPSA) is 58.9 Å². The molecule has 4 aromatic rings. The van der Waals surface area contributed by atoms with Gasteiger partial charge >= 0.3 is 7.12 Å². The Morgan fingerprint density at radius 2 is 1.05 bits per heavy atom. The minimum atomic E-state index is -1.54. The summed E-state index contributed by atoms with van der Waals surface area (Å²) in [7, 11) is 1.72. The van der Waals surface area contributed by atoms with Crippen LogP contribution in [0.5, 0.6) is 11.5 Å². The first-order chi connectivity index (χ1) is 18.0. The Labute approximate surface area is 233 Å². The van der Waals surface area contributed by atoms with Crippen LogP contribution >= 0.6 is 15.9 Å². The first-order valence-corrected chi connectivity index (χ1v) is 13.5. The highest BCUT2D eigenvalue weighted by Gasteiger charge is 2.37. The first kappa shape index (κ1) is 26.5. The summed E-state index contributed by atoms with van der Waals surface area (Å²) >= 11 is 3.57. The van der Waals surface area contributed by atoms with Crippen LogP contribution in [-0.4, -0.2) is 31.4 Å². The highest BCUT2D eigenvalue weighted by Crippen LogP contribution is 2.51. The Hall–Kier alpha value is -3.06. The van der Waals surface area contributed by atoms with Crippen LogP contribution in [0.15, 0.2) is 77.3 Å². The van der Waals surface area contributed by atoms with Gasteiger partial charge in [-0.15, -0.1) is 0 Å². The van der Waals surface area contributed by atoms with E-state index in [9.17, 15) is 10.0 Å². The van der Waals surface area contributed by atoms with E-state index < -0.39 is 7.12 Å². The molecule has 4 aromatic carbocycles. The molecule has 0 amide bonds. The van der Waals surface area contributed by atoms with Crippen LogP contribution in [-0.2, 0) is 10.8 Å². The van der Waals surface area contributed by atoms with Crippen LogP contribution in [0.25, 0.3) is 22.3 Å². The number of halogens is 1. The zero-order valence-electron chi connectivity index (χ0n) is 22.6. The van der Waals surface area contributed by atoms with E-state index in [1.807, 2.05) is 24.3 Å². The zero-order valence-corrected chi connectivity index (χ0v) is 24.2. The van der Waals surface area contributed by atoms with E-state index >= 15 is 0 Å². The van der Waals surface area contributed by atoms with Crippen LogP contribution in [0.1, 0.15) is 49.9 Å². The highest BCUT2D eigenvalue weighted by molar-refractivity contribution is 9.10. The SMILES string of the molecule is COc1cc2c(cc1B(O)O)-c1ccccc1C2(C)C.COc1cc2c(cc1Br)-c1ccccc1C2(C)C. The normalized spacial score (nSPS) is 14.9. The lowest BCUT2D eigenvalue weighted by Crippen LogP contribution is -2.31. The molecule has 0 spiro atoms. The van der Waals surface area contributed by atoms with Gasteiger partial charge in [0.15, 0.2) is 0 Å². The van der Waals surface area contributed by atoms with Crippen LogP contribution < -0.4 is 14.9 Å². The molecule has 0 aromatic heterocycles. The second-order valence-corrected chi connectivity index (χ2v) is 11.7. The largest absolute Gasteiger partial charge is 0.497 e. The molecular formula is C32H32BBrO4. The molecule has 6 rings (SSSR count). The number of hydrogen-bond donors (Lipinski definition) is 2. The number of methoxy groups -OCH3 is 2. The number of rotatable bonds is 3. The van der Waals surface area contributed by atoms with E-state index in [0.717, 1.165) is 26.9 Å². The van der Waals surface area contributed by atoms with Gasteiger partial charge in [0.25, 0.3) is 0 Å². The van der Waals surface area contributed by atoms with Crippen molar-refractivity contribution in [3.63, 3.8) is 0 Å². The third kappa shape index (κ3) is 4.06. The van der Waals surface area contributed by atoms with E-state index in [1.165, 1.54) is 27.8 Å². The maximum atomic E-state index is 9.52. The summed E-state index contributed by atoms with van der Waals surface area (Å²) < 4.78 is 11.7. The monoisotopic (exact) mass is 570 g/mol. The van der Waals surface area contributed by atoms with E-state index in [4.69, 9.17) is 9.47 Å². The number of ether oxygens (including phenoxy) is 2. The first-order valence-electron chi connectivity index (χ1n) is 12.7. The molecule has 0 heterocycles. The molecular weight excluding hydrogens is 539 g/mol. The molecule has 0 atom stereocenters. The quantitative estimate of drug-likeness (QED) is 0.278. The number of fused-ring (bicyclic) bond motifs is 6. The third-order valence-corrected chi connectivity index (χ3v) is 8.69. The van der Waals surface area contributed by atoms with Gasteiger partial charge < -0.3 is 19.5 Å². The second kappa shape index (κ2) is 9.60. The molecule has 0 fully saturated rings. The van der Waals surface area contributed by atoms with E-state index in [0.29, 0.717) is 11.2 Å². The predicted octanol–water partition coefficient (Wildman–Crippen LogP) is 6.45. The summed E-state index contributed by atoms with van der Waals surface area (Å²) in [5.74, 6) is 1.41. The Bertz CT molecular complexity index is 1540. The average Bonchev–Trinajstić information content (AvgIpc) is 3.27. The molecule has 0 saturated heterocycles. The molecule has 194 valence electrons. The minimum Gasteiger partial charge on any atom is -0.497 e. The van der Waals surface area contributed by atoms with Crippen LogP contribution in [0.2, 0.25) is 0 Å². The molecule has 4 nitrogen and oxygen atoms in total. The van der Waals surface area contributed by atoms with Gasteiger partial charge in [0.1, 0.15) is 11.5 Å². The van der Waals surface area contributed by atoms with Crippen molar-refractivity contribution >= 4 is 28.5 Å². The standard InChI is InChI=1S/C16H17BO3.C16H15BrO/c1-16(2)12-7-5-4-6-10(12)11-8-14(17(18)19)15(20-3)9-13(11)16;1-16(2)12-7-5-4-6-10(12)11-8-14(17)15(18-3)9-13(11)16/h4-9,18-19H,1-3H3;4-9H,1-3H3. The van der Waals surface area contributed by atoms with E-state index in [2.05, 4.69) is 92.2 Å². The van der Waals surface area contributed by atoms with Crippen LogP contribution in [0.3, 0.4) is 0 Å². The smallest absolute Gasteiger partial charge is 0.492 e. The van der Waals surface area contributed by atoms with Crippen LogP contribution in [0.4, 0.5) is 0 Å². The number of benzene rings is 4. The van der Waals surface area contributed by atoms with Crippen molar-refractivity contribution in [2.75, 3.05) is 14.2 Å². The predicted molar refractivity (Wildman–Crippen MR) is 159 cm³/mol. The molecule has 0 bridgehead atoms. The van der Waals surface area contributed by atoms with Crippen molar-refractivity contribution in [2.24, 2.45) is 0 Å². The summed E-state index contributed by atoms with van der Waals surface area (Å²) in [6, 6.07) is 24.9. The van der Waals surface area contributed by atoms with Crippen molar-refractivity contribution in [1.29, 1.82) is 0 Å². The molecule has 0 aliphatic heterocycles. The minimum absolute atomic E-state index is 0.0416. The highest BCUT2D eigenvalue weighted by atomic mass is 79.9. The fraction of sp³-hybridized carbons (Fsp3) is 0.250. The Morgan fingerprint density at radius 3 is 1.53 bits per heavy atom. The van der Waals surface area contributed by atoms with Crippen LogP contribution in [0, 0.1) is 0 Å². The van der Waals surface area contributed by atoms with Crippen molar-refractivity contribution in [3.05, 3.63) is 99.5 Å². The summed E-state index contributed by atoms with van der Waals surface area (Å²) in [4.78, 5) is 0. The van der Waals surface area contributed by atoms with Gasteiger partial charge in [-0.3, -0.25) is 0 Å². The van der Waals surface area contributed by atoms with Crippen molar-refractivity contribution < 1.29 is 19.5 Å². The number of hydrogen-bond acceptors (Lipinski definition) is 4. The van der Waals surface area contributed by atoms with Gasteiger partial charge in [-0.2, -0.15) is 0 Å². The third-order valence-electron chi connectivity index (χ3n) is 8.07. The lowest BCUT2D eigenvalue weighted by atomic mass is 9.76. The van der Waals surface area contributed by atoms with Gasteiger partial charge in [0.2, 0.25) is 0 Å². The maximum Gasteiger partial charge on any atom is 0.492 e. The lowest BCUT2D eigenvalue weighted by molar-refractivity contribution is 0.402. The summed E-state index contributed by atoms with van der Waals surface area (Å²) in [5.41, 5.74) is 10.3. The van der Waals surface area contributed by atoms with Gasteiger partial charge in [-0.1, -0.05) is 82.3 Å². The lowest BCUT2D eigenvalue weighted by Gasteiger charge is -2.22. The van der Waals surface area contributed by atoms with Crippen molar-refractivity contribution in [1.82, 2.24) is 0 Å². The fourth-order valence-electron chi connectivity index (χ4n) is 5.98. The van der Waals surface area contributed by atoms with Crippen molar-refractivity contribution in [3.8, 4) is 33.8 Å². The van der Waals surface area contributed by atoms with Gasteiger partial charge in [0, 0.05) is 16.3 Å². The summed E-state index contributed by atoms with van der Waals surface area (Å²) in [5, 5.41) is 19.0. The Kier molecular flexibility index (Phi) is 6.71. The second-order valence-electron chi connectivity index (χ2n) is 10.9. The molecule has 0 saturated carbocycles. The van der Waals surface area contributed by atoms with Gasteiger partial charge in [-0.25, -0.2) is 0 Å². The molecule has 2 aliphatic rings. The molecule has 38 heavy (non-hydrogen) atoms. The summed E-state index contributed by atoms with van der Waals surface area (Å²) in [6.07, 6.45) is 0. The van der Waals surface area contributed by atoms with Gasteiger partial charge in [0.05, 0.1) is 18.7 Å². The Balaban J connectivity index is 0.000000156. The summed E-state index contributed by atoms with van der Waals surface area (Å²) in [6.45, 7) is 8.88. The maximum absolute atomic E-state index is 9.52. The Morgan fingerprint density at radius 1 is 0.605 bits per heavy atom. The molecule has 6 heteroatoms. The fourth-order valence-corrected chi connectivity index (χ4v) is 6.49. The molecule has 2 aliphatic carbocycles. The average molecular weight is 571 g/mol. The molecule has 2 N–H and O–H groups in total. The zero-order chi connectivity index (χ0) is 27.4. The van der Waals surface area contributed by atoms with E-state index in [1.54, 1.807) is 14.2 Å². The van der Waals surface area contributed by atoms with Crippen molar-refractivity contribution in [2.45, 2.75) is 38.5 Å². The van der Waals surface area contributed by atoms with E-state index in [-0.39, 0.29) is 10.8 Å².